The number of aromatic nitrogens is 3. The van der Waals surface area contributed by atoms with Gasteiger partial charge in [-0.25, -0.2) is 9.97 Å². The zero-order valence-corrected chi connectivity index (χ0v) is 23.5. The number of hydrogen-bond donors (Lipinski definition) is 1. The SMILES string of the molecule is CCOc1ccccc1O[C@@H]1CCCN(c2cncc(Nc3cc(-c4cccc(CCC(=O)OC)c4)ccn3)n2)C1. The van der Waals surface area contributed by atoms with Crippen LogP contribution in [-0.2, 0) is 16.0 Å². The molecule has 0 saturated carbocycles. The maximum absolute atomic E-state index is 11.5. The normalized spacial score (nSPS) is 14.8. The van der Waals surface area contributed by atoms with Gasteiger partial charge in [-0.05, 0) is 67.1 Å². The molecule has 3 heterocycles. The molecule has 1 fully saturated rings. The Hall–Kier alpha value is -4.66. The summed E-state index contributed by atoms with van der Waals surface area (Å²) in [4.78, 5) is 27.5. The van der Waals surface area contributed by atoms with Crippen LogP contribution in [0.2, 0.25) is 0 Å². The number of carbonyl (C=O) groups is 1. The lowest BCUT2D eigenvalue weighted by Crippen LogP contribution is -2.41. The van der Waals surface area contributed by atoms with Gasteiger partial charge < -0.3 is 24.4 Å². The number of nitrogens with zero attached hydrogens (tertiary/aromatic N) is 4. The predicted molar refractivity (Wildman–Crippen MR) is 159 cm³/mol. The van der Waals surface area contributed by atoms with Crippen molar-refractivity contribution >= 4 is 23.4 Å². The van der Waals surface area contributed by atoms with Gasteiger partial charge in [0.2, 0.25) is 0 Å². The molecule has 0 amide bonds. The molecular formula is C32H35N5O4. The van der Waals surface area contributed by atoms with Crippen molar-refractivity contribution < 1.29 is 19.0 Å². The Kier molecular flexibility index (Phi) is 9.26. The van der Waals surface area contributed by atoms with Crippen LogP contribution in [0.3, 0.4) is 0 Å². The first-order valence-corrected chi connectivity index (χ1v) is 14.0. The molecule has 1 aliphatic heterocycles. The molecule has 0 radical (unpaired) electrons. The number of carbonyl (C=O) groups excluding carboxylic acids is 1. The lowest BCUT2D eigenvalue weighted by molar-refractivity contribution is -0.140. The van der Waals surface area contributed by atoms with Gasteiger partial charge >= 0.3 is 5.97 Å². The molecule has 0 spiro atoms. The predicted octanol–water partition coefficient (Wildman–Crippen LogP) is 5.83. The van der Waals surface area contributed by atoms with Gasteiger partial charge in [0.05, 0.1) is 32.7 Å². The minimum Gasteiger partial charge on any atom is -0.490 e. The second kappa shape index (κ2) is 13.6. The number of nitrogens with one attached hydrogen (secondary N) is 1. The number of para-hydroxylation sites is 2. The van der Waals surface area contributed by atoms with Crippen LogP contribution in [0.4, 0.5) is 17.5 Å². The number of hydrogen-bond acceptors (Lipinski definition) is 9. The van der Waals surface area contributed by atoms with Crippen molar-refractivity contribution in [3.63, 3.8) is 0 Å². The summed E-state index contributed by atoms with van der Waals surface area (Å²) in [7, 11) is 1.41. The Labute approximate surface area is 240 Å². The van der Waals surface area contributed by atoms with E-state index in [1.54, 1.807) is 18.6 Å². The van der Waals surface area contributed by atoms with E-state index in [4.69, 9.17) is 19.2 Å². The van der Waals surface area contributed by atoms with Crippen molar-refractivity contribution in [1.29, 1.82) is 0 Å². The van der Waals surface area contributed by atoms with E-state index in [2.05, 4.69) is 26.3 Å². The molecule has 9 nitrogen and oxygen atoms in total. The van der Waals surface area contributed by atoms with E-state index in [-0.39, 0.29) is 12.1 Å². The van der Waals surface area contributed by atoms with E-state index in [9.17, 15) is 4.79 Å². The minimum absolute atomic E-state index is 0.0190. The third kappa shape index (κ3) is 7.51. The summed E-state index contributed by atoms with van der Waals surface area (Å²) >= 11 is 0. The highest BCUT2D eigenvalue weighted by atomic mass is 16.5. The molecule has 4 aromatic rings. The smallest absolute Gasteiger partial charge is 0.305 e. The van der Waals surface area contributed by atoms with Crippen LogP contribution in [0.15, 0.2) is 79.3 Å². The highest BCUT2D eigenvalue weighted by molar-refractivity contribution is 5.71. The zero-order valence-electron chi connectivity index (χ0n) is 23.5. The van der Waals surface area contributed by atoms with Gasteiger partial charge in [-0.15, -0.1) is 0 Å². The number of rotatable bonds is 11. The van der Waals surface area contributed by atoms with Crippen molar-refractivity contribution in [2.24, 2.45) is 0 Å². The van der Waals surface area contributed by atoms with Crippen molar-refractivity contribution in [1.82, 2.24) is 15.0 Å². The number of pyridine rings is 1. The first-order chi connectivity index (χ1) is 20.1. The van der Waals surface area contributed by atoms with Gasteiger partial charge in [0.15, 0.2) is 17.3 Å². The third-order valence-electron chi connectivity index (χ3n) is 6.89. The van der Waals surface area contributed by atoms with Crippen LogP contribution in [0.25, 0.3) is 11.1 Å². The Morgan fingerprint density at radius 2 is 1.88 bits per heavy atom. The van der Waals surface area contributed by atoms with Gasteiger partial charge in [-0.2, -0.15) is 0 Å². The van der Waals surface area contributed by atoms with Crippen molar-refractivity contribution in [3.8, 4) is 22.6 Å². The first-order valence-electron chi connectivity index (χ1n) is 14.0. The number of methoxy groups -OCH3 is 1. The second-order valence-corrected chi connectivity index (χ2v) is 9.80. The Morgan fingerprint density at radius 3 is 2.73 bits per heavy atom. The van der Waals surface area contributed by atoms with E-state index < -0.39 is 0 Å². The summed E-state index contributed by atoms with van der Waals surface area (Å²) in [5.41, 5.74) is 3.13. The van der Waals surface area contributed by atoms with Gasteiger partial charge in [0.25, 0.3) is 0 Å². The van der Waals surface area contributed by atoms with E-state index in [0.717, 1.165) is 53.4 Å². The quantitative estimate of drug-likeness (QED) is 0.230. The molecule has 0 aliphatic carbocycles. The summed E-state index contributed by atoms with van der Waals surface area (Å²) in [5.74, 6) is 3.39. The maximum Gasteiger partial charge on any atom is 0.305 e. The Morgan fingerprint density at radius 1 is 1.02 bits per heavy atom. The molecule has 9 heteroatoms. The van der Waals surface area contributed by atoms with Crippen LogP contribution in [0, 0.1) is 0 Å². The Balaban J connectivity index is 1.25. The van der Waals surface area contributed by atoms with Crippen LogP contribution in [-0.4, -0.2) is 53.8 Å². The highest BCUT2D eigenvalue weighted by Crippen LogP contribution is 2.30. The van der Waals surface area contributed by atoms with Crippen LogP contribution >= 0.6 is 0 Å². The molecule has 1 atom stereocenters. The third-order valence-corrected chi connectivity index (χ3v) is 6.89. The fourth-order valence-corrected chi connectivity index (χ4v) is 4.88. The molecule has 5 rings (SSSR count). The van der Waals surface area contributed by atoms with Gasteiger partial charge in [-0.1, -0.05) is 36.4 Å². The molecule has 212 valence electrons. The van der Waals surface area contributed by atoms with E-state index in [1.165, 1.54) is 7.11 Å². The summed E-state index contributed by atoms with van der Waals surface area (Å²) in [6.45, 7) is 4.15. The van der Waals surface area contributed by atoms with Crippen molar-refractivity contribution in [2.75, 3.05) is 37.0 Å². The molecule has 1 N–H and O–H groups in total. The van der Waals surface area contributed by atoms with Crippen molar-refractivity contribution in [3.05, 3.63) is 84.8 Å². The lowest BCUT2D eigenvalue weighted by Gasteiger charge is -2.33. The van der Waals surface area contributed by atoms with Crippen molar-refractivity contribution in [2.45, 2.75) is 38.7 Å². The van der Waals surface area contributed by atoms with Crippen LogP contribution < -0.4 is 19.7 Å². The summed E-state index contributed by atoms with van der Waals surface area (Å²) in [6, 6.07) is 19.9. The second-order valence-electron chi connectivity index (χ2n) is 9.80. The van der Waals surface area contributed by atoms with Gasteiger partial charge in [-0.3, -0.25) is 9.78 Å². The summed E-state index contributed by atoms with van der Waals surface area (Å²) < 4.78 is 16.9. The first kappa shape index (κ1) is 27.9. The molecule has 0 bridgehead atoms. The molecule has 2 aromatic carbocycles. The average Bonchev–Trinajstić information content (AvgIpc) is 3.01. The highest BCUT2D eigenvalue weighted by Gasteiger charge is 2.24. The molecule has 0 unspecified atom stereocenters. The van der Waals surface area contributed by atoms with Gasteiger partial charge in [0, 0.05) is 19.2 Å². The number of ether oxygens (including phenoxy) is 3. The summed E-state index contributed by atoms with van der Waals surface area (Å²) in [5, 5.41) is 3.31. The van der Waals surface area contributed by atoms with Crippen LogP contribution in [0.5, 0.6) is 11.5 Å². The molecule has 1 saturated heterocycles. The topological polar surface area (TPSA) is 98.7 Å². The monoisotopic (exact) mass is 553 g/mol. The summed E-state index contributed by atoms with van der Waals surface area (Å²) in [6.07, 6.45) is 8.19. The standard InChI is InChI=1S/C32H35N5O4/c1-3-40-27-11-4-5-12-28(27)41-26-10-7-17-37(22-26)31-21-33-20-30(36-31)35-29-19-25(15-16-34-29)24-9-6-8-23(18-24)13-14-32(38)39-2/h4-6,8-9,11-12,15-16,18-21,26H,3,7,10,13-14,17,22H2,1-2H3,(H,34,35,36)/t26-/m1/s1. The Bertz CT molecular complexity index is 1460. The van der Waals surface area contributed by atoms with E-state index in [1.807, 2.05) is 61.5 Å². The van der Waals surface area contributed by atoms with Crippen LogP contribution in [0.1, 0.15) is 31.7 Å². The zero-order chi connectivity index (χ0) is 28.4. The number of anilines is 3. The van der Waals surface area contributed by atoms with E-state index in [0.29, 0.717) is 37.6 Å². The fraction of sp³-hybridized carbons (Fsp3) is 0.312. The molecule has 2 aromatic heterocycles. The average molecular weight is 554 g/mol. The lowest BCUT2D eigenvalue weighted by atomic mass is 10.0. The number of aryl methyl sites for hydroxylation is 1. The minimum atomic E-state index is -0.214. The molecular weight excluding hydrogens is 518 g/mol. The van der Waals surface area contributed by atoms with Gasteiger partial charge in [0.1, 0.15) is 17.7 Å². The van der Waals surface area contributed by atoms with E-state index >= 15 is 0 Å². The number of esters is 1. The molecule has 1 aliphatic rings. The fourth-order valence-electron chi connectivity index (χ4n) is 4.88. The maximum atomic E-state index is 11.5. The largest absolute Gasteiger partial charge is 0.490 e. The number of piperidine rings is 1. The molecule has 41 heavy (non-hydrogen) atoms. The number of benzene rings is 2.